The molecule has 0 bridgehead atoms. The molecule has 0 saturated heterocycles. The number of amides is 2. The van der Waals surface area contributed by atoms with Gasteiger partial charge in [0.15, 0.2) is 5.13 Å². The second-order valence-corrected chi connectivity index (χ2v) is 6.43. The van der Waals surface area contributed by atoms with E-state index in [1.165, 1.54) is 16.2 Å². The minimum Gasteiger partial charge on any atom is -0.409 e. The number of anilines is 2. The first-order valence-electron chi connectivity index (χ1n) is 8.22. The van der Waals surface area contributed by atoms with Gasteiger partial charge in [0.05, 0.1) is 11.8 Å². The van der Waals surface area contributed by atoms with Crippen molar-refractivity contribution in [2.24, 2.45) is 0 Å². The number of aromatic nitrogens is 1. The quantitative estimate of drug-likeness (QED) is 0.654. The number of hydrogen-bond donors (Lipinski definition) is 3. The molecule has 26 heavy (non-hydrogen) atoms. The molecule has 2 amide bonds. The molecule has 3 N–H and O–H groups in total. The summed E-state index contributed by atoms with van der Waals surface area (Å²) in [6, 6.07) is 6.61. The molecule has 2 rings (SSSR count). The number of para-hydroxylation sites is 1. The van der Waals surface area contributed by atoms with Gasteiger partial charge in [0, 0.05) is 26.7 Å². The van der Waals surface area contributed by atoms with Gasteiger partial charge < -0.3 is 20.3 Å². The van der Waals surface area contributed by atoms with Crippen LogP contribution in [0, 0.1) is 0 Å². The van der Waals surface area contributed by atoms with Crippen LogP contribution >= 0.6 is 11.3 Å². The van der Waals surface area contributed by atoms with Crippen molar-refractivity contribution < 1.29 is 14.3 Å². The number of rotatable bonds is 8. The van der Waals surface area contributed by atoms with E-state index in [1.54, 1.807) is 44.6 Å². The Hall–Kier alpha value is -2.65. The van der Waals surface area contributed by atoms with Crippen LogP contribution in [0.1, 0.15) is 17.3 Å². The van der Waals surface area contributed by atoms with Crippen molar-refractivity contribution in [2.75, 3.05) is 44.4 Å². The van der Waals surface area contributed by atoms with Crippen molar-refractivity contribution in [3.05, 3.63) is 36.0 Å². The molecule has 1 aromatic heterocycles. The van der Waals surface area contributed by atoms with Crippen molar-refractivity contribution in [3.63, 3.8) is 0 Å². The number of nitrogens with one attached hydrogen (secondary N) is 3. The summed E-state index contributed by atoms with van der Waals surface area (Å²) in [6.07, 6.45) is 1.14. The Morgan fingerprint density at radius 2 is 2.08 bits per heavy atom. The van der Waals surface area contributed by atoms with E-state index in [2.05, 4.69) is 20.9 Å². The van der Waals surface area contributed by atoms with E-state index in [0.29, 0.717) is 18.2 Å². The Balaban J connectivity index is 2.07. The Kier molecular flexibility index (Phi) is 7.37. The highest BCUT2D eigenvalue weighted by atomic mass is 32.1. The molecule has 140 valence electrons. The predicted octanol–water partition coefficient (Wildman–Crippen LogP) is 2.48. The zero-order valence-corrected chi connectivity index (χ0v) is 15.9. The first kappa shape index (κ1) is 19.7. The summed E-state index contributed by atoms with van der Waals surface area (Å²) in [7, 11) is 3.44. The van der Waals surface area contributed by atoms with Crippen molar-refractivity contribution in [1.29, 1.82) is 0 Å². The number of carbonyl (C=O) groups excluding carboxylic acids is 2. The van der Waals surface area contributed by atoms with Gasteiger partial charge in [0.1, 0.15) is 10.8 Å². The Morgan fingerprint density at radius 1 is 1.31 bits per heavy atom. The molecule has 0 radical (unpaired) electrons. The molecule has 0 aliphatic heterocycles. The largest absolute Gasteiger partial charge is 0.415 e. The summed E-state index contributed by atoms with van der Waals surface area (Å²) < 4.78 is 5.38. The van der Waals surface area contributed by atoms with E-state index in [0.717, 1.165) is 11.5 Å². The monoisotopic (exact) mass is 377 g/mol. The predicted molar refractivity (Wildman–Crippen MR) is 103 cm³/mol. The van der Waals surface area contributed by atoms with Gasteiger partial charge in [-0.05, 0) is 26.1 Å². The van der Waals surface area contributed by atoms with Crippen LogP contribution in [0.25, 0.3) is 0 Å². The highest BCUT2D eigenvalue weighted by Crippen LogP contribution is 2.25. The van der Waals surface area contributed by atoms with Gasteiger partial charge in [-0.15, -0.1) is 0 Å². The third-order valence-electron chi connectivity index (χ3n) is 3.42. The van der Waals surface area contributed by atoms with Crippen LogP contribution in [-0.2, 0) is 0 Å². The average molecular weight is 377 g/mol. The van der Waals surface area contributed by atoms with Crippen LogP contribution in [0.4, 0.5) is 14.9 Å². The van der Waals surface area contributed by atoms with Crippen LogP contribution < -0.4 is 20.7 Å². The van der Waals surface area contributed by atoms with Gasteiger partial charge in [-0.25, -0.2) is 9.78 Å². The molecule has 9 heteroatoms. The normalized spacial score (nSPS) is 10.3. The molecule has 0 spiro atoms. The summed E-state index contributed by atoms with van der Waals surface area (Å²) in [5.74, 6) is -0.182. The Morgan fingerprint density at radius 3 is 2.81 bits per heavy atom. The van der Waals surface area contributed by atoms with E-state index in [4.69, 9.17) is 4.74 Å². The summed E-state index contributed by atoms with van der Waals surface area (Å²) in [4.78, 5) is 30.3. The maximum absolute atomic E-state index is 12.5. The van der Waals surface area contributed by atoms with Gasteiger partial charge >= 0.3 is 6.09 Å². The second-order valence-electron chi connectivity index (χ2n) is 5.40. The maximum atomic E-state index is 12.5. The lowest BCUT2D eigenvalue weighted by Crippen LogP contribution is -2.35. The summed E-state index contributed by atoms with van der Waals surface area (Å²) in [5.41, 5.74) is 0.267. The molecule has 2 aromatic rings. The fourth-order valence-corrected chi connectivity index (χ4v) is 2.82. The minimum atomic E-state index is -0.524. The first-order valence-corrected chi connectivity index (χ1v) is 9.04. The molecule has 0 atom stereocenters. The Bertz CT molecular complexity index is 750. The lowest BCUT2D eigenvalue weighted by Gasteiger charge is -2.17. The standard InChI is InChI=1S/C17H23N5O3S/c1-4-19-14-11-20-16(26-14)21-15(23)12-7-5-6-8-13(12)25-17(24)22(3)10-9-18-2/h5-8,11,18-19H,4,9-10H2,1-3H3,(H,20,21,23). The van der Waals surface area contributed by atoms with Gasteiger partial charge in [-0.3, -0.25) is 10.1 Å². The molecule has 0 aliphatic carbocycles. The maximum Gasteiger partial charge on any atom is 0.415 e. The van der Waals surface area contributed by atoms with E-state index in [1.807, 2.05) is 6.92 Å². The third-order valence-corrected chi connectivity index (χ3v) is 4.29. The minimum absolute atomic E-state index is 0.203. The zero-order chi connectivity index (χ0) is 18.9. The third kappa shape index (κ3) is 5.43. The highest BCUT2D eigenvalue weighted by Gasteiger charge is 2.18. The van der Waals surface area contributed by atoms with Gasteiger partial charge in [-0.1, -0.05) is 23.5 Å². The van der Waals surface area contributed by atoms with Crippen molar-refractivity contribution in [2.45, 2.75) is 6.92 Å². The number of hydrogen-bond acceptors (Lipinski definition) is 7. The number of ether oxygens (including phenoxy) is 1. The van der Waals surface area contributed by atoms with Crippen LogP contribution in [0.3, 0.4) is 0 Å². The average Bonchev–Trinajstić information content (AvgIpc) is 3.07. The smallest absolute Gasteiger partial charge is 0.409 e. The Labute approximate surface area is 156 Å². The van der Waals surface area contributed by atoms with Crippen LogP contribution in [0.2, 0.25) is 0 Å². The van der Waals surface area contributed by atoms with Gasteiger partial charge in [0.25, 0.3) is 5.91 Å². The molecule has 8 nitrogen and oxygen atoms in total. The van der Waals surface area contributed by atoms with E-state index < -0.39 is 6.09 Å². The number of likely N-dealkylation sites (N-methyl/N-ethyl adjacent to an activating group) is 2. The molecule has 0 saturated carbocycles. The van der Waals surface area contributed by atoms with E-state index in [9.17, 15) is 9.59 Å². The molecular formula is C17H23N5O3S. The number of nitrogens with zero attached hydrogens (tertiary/aromatic N) is 2. The fraction of sp³-hybridized carbons (Fsp3) is 0.353. The summed E-state index contributed by atoms with van der Waals surface area (Å²) in [6.45, 7) is 3.90. The molecule has 0 unspecified atom stereocenters. The van der Waals surface area contributed by atoms with Crippen molar-refractivity contribution >= 4 is 33.5 Å². The molecule has 0 aliphatic rings. The second kappa shape index (κ2) is 9.73. The van der Waals surface area contributed by atoms with Crippen LogP contribution in [-0.4, -0.2) is 55.6 Å². The lowest BCUT2D eigenvalue weighted by atomic mass is 10.2. The number of benzene rings is 1. The first-order chi connectivity index (χ1) is 12.5. The summed E-state index contributed by atoms with van der Waals surface area (Å²) >= 11 is 1.34. The van der Waals surface area contributed by atoms with E-state index >= 15 is 0 Å². The van der Waals surface area contributed by atoms with Gasteiger partial charge in [-0.2, -0.15) is 0 Å². The van der Waals surface area contributed by atoms with Gasteiger partial charge in [0.2, 0.25) is 0 Å². The fourth-order valence-electron chi connectivity index (χ4n) is 2.04. The molecule has 1 aromatic carbocycles. The molecular weight excluding hydrogens is 354 g/mol. The highest BCUT2D eigenvalue weighted by molar-refractivity contribution is 7.19. The molecule has 0 fully saturated rings. The zero-order valence-electron chi connectivity index (χ0n) is 15.0. The molecule has 1 heterocycles. The number of thiazole rings is 1. The number of carbonyl (C=O) groups is 2. The van der Waals surface area contributed by atoms with Crippen LogP contribution in [0.15, 0.2) is 30.5 Å². The van der Waals surface area contributed by atoms with Crippen molar-refractivity contribution in [3.8, 4) is 5.75 Å². The van der Waals surface area contributed by atoms with Crippen LogP contribution in [0.5, 0.6) is 5.75 Å². The SMILES string of the molecule is CCNc1cnc(NC(=O)c2ccccc2OC(=O)N(C)CCNC)s1. The van der Waals surface area contributed by atoms with E-state index in [-0.39, 0.29) is 17.2 Å². The summed E-state index contributed by atoms with van der Waals surface area (Å²) in [5, 5.41) is 10.2. The lowest BCUT2D eigenvalue weighted by molar-refractivity contribution is 0.102. The van der Waals surface area contributed by atoms with Crippen molar-refractivity contribution in [1.82, 2.24) is 15.2 Å². The topological polar surface area (TPSA) is 95.6 Å².